The molecule has 4 aromatic rings. The van der Waals surface area contributed by atoms with Crippen molar-refractivity contribution in [2.45, 2.75) is 32.4 Å². The summed E-state index contributed by atoms with van der Waals surface area (Å²) >= 11 is 0. The van der Waals surface area contributed by atoms with E-state index < -0.39 is 11.7 Å². The number of hydrogen-bond acceptors (Lipinski definition) is 6. The largest absolute Gasteiger partial charge is 0.417 e. The lowest BCUT2D eigenvalue weighted by molar-refractivity contribution is -0.137. The number of benzene rings is 1. The maximum atomic E-state index is 13.8. The Morgan fingerprint density at radius 3 is 2.43 bits per heavy atom. The second-order valence-electron chi connectivity index (χ2n) is 10.0. The maximum absolute atomic E-state index is 13.8. The Labute approximate surface area is 211 Å². The predicted molar refractivity (Wildman–Crippen MR) is 133 cm³/mol. The summed E-state index contributed by atoms with van der Waals surface area (Å²) in [5.41, 5.74) is 2.04. The van der Waals surface area contributed by atoms with Crippen LogP contribution in [0, 0.1) is 11.3 Å². The van der Waals surface area contributed by atoms with E-state index in [-0.39, 0.29) is 22.3 Å². The van der Waals surface area contributed by atoms with Crippen LogP contribution in [0.25, 0.3) is 33.9 Å². The lowest BCUT2D eigenvalue weighted by Gasteiger charge is -2.29. The predicted octanol–water partition coefficient (Wildman–Crippen LogP) is 5.05. The number of imidazole rings is 1. The Balaban J connectivity index is 1.76. The Morgan fingerprint density at radius 2 is 1.78 bits per heavy atom. The number of ether oxygens (including phenoxy) is 1. The molecule has 0 spiro atoms. The molecule has 1 aliphatic heterocycles. The number of H-pyrrole nitrogens is 1. The summed E-state index contributed by atoms with van der Waals surface area (Å²) in [6.07, 6.45) is -4.54. The second-order valence-corrected chi connectivity index (χ2v) is 10.0. The highest BCUT2D eigenvalue weighted by Crippen LogP contribution is 2.39. The van der Waals surface area contributed by atoms with E-state index in [1.165, 1.54) is 12.1 Å². The summed E-state index contributed by atoms with van der Waals surface area (Å²) < 4.78 is 48.6. The Hall–Kier alpha value is -3.91. The van der Waals surface area contributed by atoms with E-state index in [2.05, 4.69) is 26.1 Å². The smallest absolute Gasteiger partial charge is 0.378 e. The Morgan fingerprint density at radius 1 is 1.08 bits per heavy atom. The van der Waals surface area contributed by atoms with Gasteiger partial charge in [0.2, 0.25) is 0 Å². The topological polar surface area (TPSA) is 95.7 Å². The number of aromatic nitrogens is 5. The molecule has 0 saturated carbocycles. The van der Waals surface area contributed by atoms with Gasteiger partial charge in [-0.2, -0.15) is 23.5 Å². The summed E-state index contributed by atoms with van der Waals surface area (Å²) in [7, 11) is 1.74. The molecule has 0 radical (unpaired) electrons. The van der Waals surface area contributed by atoms with Gasteiger partial charge < -0.3 is 14.6 Å². The van der Waals surface area contributed by atoms with Gasteiger partial charge in [-0.25, -0.2) is 9.97 Å². The SMILES string of the molecule is Cn1nc(C(C)(C)C)c(C#N)c1-c1nc2nc(-c3ccccc3C(F)(F)F)cc(N3CCOCC3)c2[nH]1. The molecule has 1 N–H and O–H groups in total. The molecule has 0 unspecified atom stereocenters. The van der Waals surface area contributed by atoms with E-state index in [1.54, 1.807) is 23.9 Å². The molecule has 4 heterocycles. The number of nitrogens with one attached hydrogen (secondary N) is 1. The van der Waals surface area contributed by atoms with Gasteiger partial charge >= 0.3 is 6.18 Å². The van der Waals surface area contributed by atoms with Crippen molar-refractivity contribution in [1.82, 2.24) is 24.7 Å². The number of alkyl halides is 3. The molecule has 1 aromatic carbocycles. The molecule has 5 rings (SSSR count). The molecule has 0 amide bonds. The first-order chi connectivity index (χ1) is 17.5. The molecule has 37 heavy (non-hydrogen) atoms. The number of anilines is 1. The fourth-order valence-corrected chi connectivity index (χ4v) is 4.66. The summed E-state index contributed by atoms with van der Waals surface area (Å²) in [5.74, 6) is 0.375. The van der Waals surface area contributed by atoms with E-state index in [0.29, 0.717) is 60.3 Å². The van der Waals surface area contributed by atoms with Crippen LogP contribution >= 0.6 is 0 Å². The molecule has 192 valence electrons. The quantitative estimate of drug-likeness (QED) is 0.415. The van der Waals surface area contributed by atoms with Crippen LogP contribution in [0.5, 0.6) is 0 Å². The highest BCUT2D eigenvalue weighted by molar-refractivity contribution is 5.92. The van der Waals surface area contributed by atoms with Gasteiger partial charge in [-0.1, -0.05) is 39.0 Å². The van der Waals surface area contributed by atoms with Crippen molar-refractivity contribution < 1.29 is 17.9 Å². The fraction of sp³-hybridized carbons (Fsp3) is 0.385. The number of aromatic amines is 1. The van der Waals surface area contributed by atoms with Gasteiger partial charge in [0.15, 0.2) is 11.5 Å². The standard InChI is InChI=1S/C26H26F3N7O/c1-25(2,3)22-16(14-30)21(35(4)34-22)24-32-20-19(36-9-11-37-12-10-36)13-18(31-23(20)33-24)15-7-5-6-8-17(15)26(27,28)29/h5-8,13H,9-12H2,1-4H3,(H,31,32,33). The fourth-order valence-electron chi connectivity index (χ4n) is 4.66. The van der Waals surface area contributed by atoms with Crippen molar-refractivity contribution in [3.05, 3.63) is 47.2 Å². The van der Waals surface area contributed by atoms with Crippen LogP contribution in [-0.4, -0.2) is 51.0 Å². The molecule has 0 aliphatic carbocycles. The maximum Gasteiger partial charge on any atom is 0.417 e. The zero-order valence-electron chi connectivity index (χ0n) is 20.9. The molecule has 3 aromatic heterocycles. The lowest BCUT2D eigenvalue weighted by atomic mass is 9.89. The normalized spacial score (nSPS) is 14.8. The molecular formula is C26H26F3N7O. The van der Waals surface area contributed by atoms with E-state index in [4.69, 9.17) is 4.74 Å². The summed E-state index contributed by atoms with van der Waals surface area (Å²) in [5, 5.41) is 14.6. The lowest BCUT2D eigenvalue weighted by Crippen LogP contribution is -2.36. The number of hydrogen-bond donors (Lipinski definition) is 1. The first kappa shape index (κ1) is 24.8. The highest BCUT2D eigenvalue weighted by Gasteiger charge is 2.34. The average Bonchev–Trinajstić information content (AvgIpc) is 3.43. The van der Waals surface area contributed by atoms with Crippen molar-refractivity contribution >= 4 is 16.9 Å². The number of aryl methyl sites for hydroxylation is 1. The van der Waals surface area contributed by atoms with Crippen molar-refractivity contribution in [2.24, 2.45) is 7.05 Å². The van der Waals surface area contributed by atoms with Crippen LogP contribution in [0.15, 0.2) is 30.3 Å². The van der Waals surface area contributed by atoms with Crippen molar-refractivity contribution in [1.29, 1.82) is 5.26 Å². The van der Waals surface area contributed by atoms with Crippen LogP contribution < -0.4 is 4.90 Å². The monoisotopic (exact) mass is 509 g/mol. The molecule has 0 bridgehead atoms. The highest BCUT2D eigenvalue weighted by atomic mass is 19.4. The first-order valence-corrected chi connectivity index (χ1v) is 11.9. The van der Waals surface area contributed by atoms with Crippen LogP contribution in [-0.2, 0) is 23.4 Å². The number of rotatable bonds is 3. The summed E-state index contributed by atoms with van der Waals surface area (Å²) in [4.78, 5) is 14.5. The van der Waals surface area contributed by atoms with Crippen LogP contribution in [0.2, 0.25) is 0 Å². The third-order valence-corrected chi connectivity index (χ3v) is 6.39. The van der Waals surface area contributed by atoms with E-state index in [1.807, 2.05) is 25.7 Å². The molecular weight excluding hydrogens is 483 g/mol. The number of morpholine rings is 1. The number of halogens is 3. The second kappa shape index (κ2) is 8.88. The summed E-state index contributed by atoms with van der Waals surface area (Å²) in [6.45, 7) is 8.04. The van der Waals surface area contributed by atoms with Gasteiger partial charge in [-0.15, -0.1) is 0 Å². The van der Waals surface area contributed by atoms with Crippen molar-refractivity contribution in [3.63, 3.8) is 0 Å². The van der Waals surface area contributed by atoms with Gasteiger partial charge in [-0.05, 0) is 12.1 Å². The number of nitriles is 1. The number of nitrogens with zero attached hydrogens (tertiary/aromatic N) is 6. The van der Waals surface area contributed by atoms with E-state index in [9.17, 15) is 18.4 Å². The van der Waals surface area contributed by atoms with E-state index in [0.717, 1.165) is 6.07 Å². The van der Waals surface area contributed by atoms with Gasteiger partial charge in [0, 0.05) is 31.1 Å². The van der Waals surface area contributed by atoms with Gasteiger partial charge in [0.1, 0.15) is 22.8 Å². The van der Waals surface area contributed by atoms with Gasteiger partial charge in [0.05, 0.1) is 35.9 Å². The molecule has 0 atom stereocenters. The average molecular weight is 510 g/mol. The van der Waals surface area contributed by atoms with Gasteiger partial charge in [0.25, 0.3) is 0 Å². The first-order valence-electron chi connectivity index (χ1n) is 11.9. The molecule has 1 aliphatic rings. The van der Waals surface area contributed by atoms with Crippen LogP contribution in [0.4, 0.5) is 18.9 Å². The third-order valence-electron chi connectivity index (χ3n) is 6.39. The molecule has 11 heteroatoms. The molecule has 1 fully saturated rings. The minimum absolute atomic E-state index is 0.0239. The third kappa shape index (κ3) is 4.42. The Bertz CT molecular complexity index is 1520. The van der Waals surface area contributed by atoms with Crippen LogP contribution in [0.1, 0.15) is 37.6 Å². The molecule has 1 saturated heterocycles. The van der Waals surface area contributed by atoms with E-state index >= 15 is 0 Å². The summed E-state index contributed by atoms with van der Waals surface area (Å²) in [6, 6.07) is 9.30. The van der Waals surface area contributed by atoms with Crippen LogP contribution in [0.3, 0.4) is 0 Å². The minimum Gasteiger partial charge on any atom is -0.378 e. The molecule has 8 nitrogen and oxygen atoms in total. The van der Waals surface area contributed by atoms with Crippen molar-refractivity contribution in [3.8, 4) is 28.8 Å². The number of fused-ring (bicyclic) bond motifs is 1. The van der Waals surface area contributed by atoms with Gasteiger partial charge in [-0.3, -0.25) is 4.68 Å². The Kier molecular flexibility index (Phi) is 5.95. The van der Waals surface area contributed by atoms with Crippen molar-refractivity contribution in [2.75, 3.05) is 31.2 Å². The number of pyridine rings is 1. The minimum atomic E-state index is -4.54. The zero-order chi connectivity index (χ0) is 26.5. The zero-order valence-corrected chi connectivity index (χ0v) is 20.9.